The second-order valence-electron chi connectivity index (χ2n) is 6.21. The molecular weight excluding hydrogens is 292 g/mol. The highest BCUT2D eigenvalue weighted by molar-refractivity contribution is 6.31. The molecule has 0 radical (unpaired) electrons. The Morgan fingerprint density at radius 1 is 0.870 bits per heavy atom. The van der Waals surface area contributed by atoms with Crippen molar-refractivity contribution >= 4 is 17.3 Å². The summed E-state index contributed by atoms with van der Waals surface area (Å²) in [4.78, 5) is 38.0. The molecule has 4 nitrogen and oxygen atoms in total. The lowest BCUT2D eigenvalue weighted by Gasteiger charge is -2.30. The fourth-order valence-electron chi connectivity index (χ4n) is 3.56. The van der Waals surface area contributed by atoms with Gasteiger partial charge >= 0.3 is 0 Å². The summed E-state index contributed by atoms with van der Waals surface area (Å²) in [6.07, 6.45) is -0.624. The quantitative estimate of drug-likeness (QED) is 0.693. The molecule has 1 N–H and O–H groups in total. The minimum absolute atomic E-state index is 0.155. The first kappa shape index (κ1) is 14.0. The molecule has 114 valence electrons. The minimum atomic E-state index is -0.798. The molecule has 2 aromatic carbocycles. The first-order valence-corrected chi connectivity index (χ1v) is 7.57. The van der Waals surface area contributed by atoms with E-state index >= 15 is 0 Å². The lowest BCUT2D eigenvalue weighted by molar-refractivity contribution is 0.0745. The molecule has 0 amide bonds. The molecule has 0 saturated heterocycles. The van der Waals surface area contributed by atoms with Crippen LogP contribution in [-0.4, -0.2) is 22.5 Å². The first-order chi connectivity index (χ1) is 11.0. The molecular formula is C19H14O4. The second kappa shape index (κ2) is 4.70. The molecule has 0 saturated carbocycles. The molecule has 0 aliphatic heterocycles. The van der Waals surface area contributed by atoms with Gasteiger partial charge in [-0.3, -0.25) is 14.4 Å². The highest BCUT2D eigenvalue weighted by atomic mass is 16.3. The van der Waals surface area contributed by atoms with Gasteiger partial charge in [0, 0.05) is 34.2 Å². The van der Waals surface area contributed by atoms with Crippen molar-refractivity contribution in [2.75, 3.05) is 0 Å². The fraction of sp³-hybridized carbons (Fsp3) is 0.211. The summed E-state index contributed by atoms with van der Waals surface area (Å²) < 4.78 is 0. The van der Waals surface area contributed by atoms with Crippen LogP contribution >= 0.6 is 0 Å². The van der Waals surface area contributed by atoms with Gasteiger partial charge in [0.1, 0.15) is 0 Å². The zero-order valence-corrected chi connectivity index (χ0v) is 12.5. The van der Waals surface area contributed by atoms with E-state index in [9.17, 15) is 19.5 Å². The molecule has 4 heteroatoms. The van der Waals surface area contributed by atoms with Crippen LogP contribution in [0.25, 0.3) is 0 Å². The Kier molecular flexibility index (Phi) is 2.87. The molecule has 4 rings (SSSR count). The topological polar surface area (TPSA) is 71.4 Å². The van der Waals surface area contributed by atoms with Crippen molar-refractivity contribution in [3.63, 3.8) is 0 Å². The van der Waals surface area contributed by atoms with Crippen LogP contribution in [0.4, 0.5) is 0 Å². The van der Waals surface area contributed by atoms with Crippen molar-refractivity contribution < 1.29 is 19.5 Å². The Labute approximate surface area is 132 Å². The monoisotopic (exact) mass is 306 g/mol. The standard InChI is InChI=1S/C19H14O4/c1-9-8-14(20)15-12(17(9)21)6-7-13-16(15)19(23)11-5-3-2-4-10(11)18(13)22/h2-7,9,17,21H,8H2,1H3/t9-,17+/m1/s1. The van der Waals surface area contributed by atoms with Crippen molar-refractivity contribution in [1.82, 2.24) is 0 Å². The van der Waals surface area contributed by atoms with Crippen LogP contribution in [0.1, 0.15) is 67.2 Å². The maximum absolute atomic E-state index is 12.9. The molecule has 2 aliphatic carbocycles. The number of hydrogen-bond acceptors (Lipinski definition) is 4. The molecule has 0 spiro atoms. The number of fused-ring (bicyclic) bond motifs is 4. The van der Waals surface area contributed by atoms with E-state index in [2.05, 4.69) is 0 Å². The van der Waals surface area contributed by atoms with Crippen molar-refractivity contribution in [2.24, 2.45) is 5.92 Å². The first-order valence-electron chi connectivity index (χ1n) is 7.57. The van der Waals surface area contributed by atoms with Crippen LogP contribution in [0.5, 0.6) is 0 Å². The van der Waals surface area contributed by atoms with Crippen molar-refractivity contribution in [1.29, 1.82) is 0 Å². The predicted octanol–water partition coefficient (Wildman–Crippen LogP) is 2.72. The second-order valence-corrected chi connectivity index (χ2v) is 6.21. The highest BCUT2D eigenvalue weighted by Gasteiger charge is 2.38. The van der Waals surface area contributed by atoms with E-state index in [1.54, 1.807) is 43.3 Å². The Balaban J connectivity index is 2.04. The number of aliphatic hydroxyl groups is 1. The van der Waals surface area contributed by atoms with Gasteiger partial charge in [-0.1, -0.05) is 37.3 Å². The van der Waals surface area contributed by atoms with Crippen molar-refractivity contribution in [3.05, 3.63) is 69.8 Å². The molecule has 0 aromatic heterocycles. The summed E-state index contributed by atoms with van der Waals surface area (Å²) in [5.74, 6) is -0.953. The SMILES string of the molecule is C[C@@H]1CC(=O)c2c(ccc3c2C(=O)c2ccccc2C3=O)[C@H]1O. The number of aliphatic hydroxyl groups excluding tert-OH is 1. The van der Waals surface area contributed by atoms with E-state index in [0.717, 1.165) is 0 Å². The van der Waals surface area contributed by atoms with Crippen molar-refractivity contribution in [2.45, 2.75) is 19.4 Å². The molecule has 0 unspecified atom stereocenters. The number of carbonyl (C=O) groups is 3. The number of rotatable bonds is 0. The smallest absolute Gasteiger partial charge is 0.195 e. The van der Waals surface area contributed by atoms with E-state index in [1.807, 2.05) is 0 Å². The van der Waals surface area contributed by atoms with Crippen LogP contribution in [0.15, 0.2) is 36.4 Å². The summed E-state index contributed by atoms with van der Waals surface area (Å²) in [5, 5.41) is 10.3. The summed E-state index contributed by atoms with van der Waals surface area (Å²) in [5.41, 5.74) is 1.76. The molecule has 2 aromatic rings. The maximum Gasteiger partial charge on any atom is 0.195 e. The summed E-state index contributed by atoms with van der Waals surface area (Å²) in [7, 11) is 0. The van der Waals surface area contributed by atoms with Crippen LogP contribution in [-0.2, 0) is 0 Å². The number of ketones is 3. The van der Waals surface area contributed by atoms with Gasteiger partial charge in [-0.05, 0) is 17.5 Å². The van der Waals surface area contributed by atoms with E-state index < -0.39 is 6.10 Å². The average molecular weight is 306 g/mol. The number of Topliss-reactive ketones (excluding diaryl/α,β-unsaturated/α-hetero) is 1. The van der Waals surface area contributed by atoms with E-state index in [-0.39, 0.29) is 46.4 Å². The maximum atomic E-state index is 12.9. The van der Waals surface area contributed by atoms with E-state index in [4.69, 9.17) is 0 Å². The van der Waals surface area contributed by atoms with Gasteiger partial charge < -0.3 is 5.11 Å². The molecule has 0 fully saturated rings. The molecule has 2 atom stereocenters. The third kappa shape index (κ3) is 1.79. The van der Waals surface area contributed by atoms with Crippen LogP contribution in [0.3, 0.4) is 0 Å². The van der Waals surface area contributed by atoms with Crippen LogP contribution < -0.4 is 0 Å². The van der Waals surface area contributed by atoms with E-state index in [1.165, 1.54) is 0 Å². The van der Waals surface area contributed by atoms with Gasteiger partial charge in [0.05, 0.1) is 6.10 Å². The Bertz CT molecular complexity index is 894. The predicted molar refractivity (Wildman–Crippen MR) is 82.8 cm³/mol. The minimum Gasteiger partial charge on any atom is -0.388 e. The zero-order valence-electron chi connectivity index (χ0n) is 12.5. The Morgan fingerprint density at radius 3 is 2.22 bits per heavy atom. The van der Waals surface area contributed by atoms with Crippen LogP contribution in [0, 0.1) is 5.92 Å². The Hall–Kier alpha value is -2.59. The van der Waals surface area contributed by atoms with E-state index in [0.29, 0.717) is 16.7 Å². The van der Waals surface area contributed by atoms with Gasteiger partial charge in [0.15, 0.2) is 17.3 Å². The van der Waals surface area contributed by atoms with Gasteiger partial charge in [0.25, 0.3) is 0 Å². The lowest BCUT2D eigenvalue weighted by Crippen LogP contribution is -2.30. The molecule has 2 aliphatic rings. The Morgan fingerprint density at radius 2 is 1.52 bits per heavy atom. The number of hydrogen-bond donors (Lipinski definition) is 1. The lowest BCUT2D eigenvalue weighted by atomic mass is 9.74. The largest absolute Gasteiger partial charge is 0.388 e. The highest BCUT2D eigenvalue weighted by Crippen LogP contribution is 2.39. The van der Waals surface area contributed by atoms with Gasteiger partial charge in [-0.2, -0.15) is 0 Å². The van der Waals surface area contributed by atoms with Crippen molar-refractivity contribution in [3.8, 4) is 0 Å². The van der Waals surface area contributed by atoms with Gasteiger partial charge in [0.2, 0.25) is 0 Å². The van der Waals surface area contributed by atoms with Crippen LogP contribution in [0.2, 0.25) is 0 Å². The number of benzene rings is 2. The number of carbonyl (C=O) groups excluding carboxylic acids is 3. The third-order valence-corrected chi connectivity index (χ3v) is 4.77. The van der Waals surface area contributed by atoms with Gasteiger partial charge in [-0.15, -0.1) is 0 Å². The molecule has 0 bridgehead atoms. The summed E-state index contributed by atoms with van der Waals surface area (Å²) >= 11 is 0. The summed E-state index contributed by atoms with van der Waals surface area (Å²) in [6.45, 7) is 1.80. The zero-order chi connectivity index (χ0) is 16.3. The van der Waals surface area contributed by atoms with Gasteiger partial charge in [-0.25, -0.2) is 0 Å². The molecule has 23 heavy (non-hydrogen) atoms. The molecule has 0 heterocycles. The third-order valence-electron chi connectivity index (χ3n) is 4.77. The average Bonchev–Trinajstić information content (AvgIpc) is 2.56. The normalized spacial score (nSPS) is 22.4. The fourth-order valence-corrected chi connectivity index (χ4v) is 3.56. The summed E-state index contributed by atoms with van der Waals surface area (Å²) in [6, 6.07) is 9.79.